The molecule has 0 radical (unpaired) electrons. The third-order valence-electron chi connectivity index (χ3n) is 3.41. The first-order valence-electron chi connectivity index (χ1n) is 8.80. The predicted molar refractivity (Wildman–Crippen MR) is 98.8 cm³/mol. The van der Waals surface area contributed by atoms with Crippen molar-refractivity contribution in [3.05, 3.63) is 48.6 Å². The van der Waals surface area contributed by atoms with Crippen molar-refractivity contribution in [3.8, 4) is 0 Å². The van der Waals surface area contributed by atoms with Crippen molar-refractivity contribution in [2.75, 3.05) is 0 Å². The molecule has 0 heterocycles. The molecule has 0 aliphatic carbocycles. The lowest BCUT2D eigenvalue weighted by Gasteiger charge is -2.02. The monoisotopic (exact) mass is 336 g/mol. The average molecular weight is 336 g/mol. The molecule has 0 saturated heterocycles. The Morgan fingerprint density at radius 2 is 1.58 bits per heavy atom. The van der Waals surface area contributed by atoms with Crippen LogP contribution in [0.4, 0.5) is 0 Å². The fraction of sp³-hybridized carbons (Fsp3) is 0.550. The van der Waals surface area contributed by atoms with E-state index >= 15 is 0 Å². The molecule has 0 aromatic rings. The number of carboxylic acid groups (broad SMARTS) is 1. The van der Waals surface area contributed by atoms with Gasteiger partial charge in [0.25, 0.3) is 0 Å². The number of aliphatic hydroxyl groups is 2. The highest BCUT2D eigenvalue weighted by Crippen LogP contribution is 2.03. The van der Waals surface area contributed by atoms with E-state index in [1.54, 1.807) is 36.5 Å². The van der Waals surface area contributed by atoms with Crippen molar-refractivity contribution in [1.82, 2.24) is 0 Å². The van der Waals surface area contributed by atoms with Gasteiger partial charge in [0.05, 0.1) is 12.2 Å². The second kappa shape index (κ2) is 16.2. The van der Waals surface area contributed by atoms with Crippen LogP contribution in [-0.2, 0) is 4.79 Å². The minimum Gasteiger partial charge on any atom is -0.481 e. The molecule has 0 spiro atoms. The number of hydrogen-bond acceptors (Lipinski definition) is 3. The van der Waals surface area contributed by atoms with Crippen LogP contribution < -0.4 is 0 Å². The summed E-state index contributed by atoms with van der Waals surface area (Å²) in [6.07, 6.45) is 19.8. The lowest BCUT2D eigenvalue weighted by Crippen LogP contribution is -2.03. The van der Waals surface area contributed by atoms with Gasteiger partial charge >= 0.3 is 5.97 Å². The van der Waals surface area contributed by atoms with Crippen molar-refractivity contribution in [2.24, 2.45) is 0 Å². The standard InChI is InChI=1S/C20H32O4/c1-2-3-4-5-6-9-13-18(21)14-10-7-8-11-15-19(22)16-12-17-20(23)24/h6-11,14-15,18-19,21-22H,2-5,12-13,16-17H2,1H3,(H,23,24)/b8-7+,9-6?,14-10?,15-11-/t18-,19-/m1/s1. The van der Waals surface area contributed by atoms with Crippen molar-refractivity contribution >= 4 is 5.97 Å². The number of carbonyl (C=O) groups is 1. The summed E-state index contributed by atoms with van der Waals surface area (Å²) in [7, 11) is 0. The highest BCUT2D eigenvalue weighted by Gasteiger charge is 2.01. The highest BCUT2D eigenvalue weighted by molar-refractivity contribution is 5.66. The van der Waals surface area contributed by atoms with Crippen LogP contribution >= 0.6 is 0 Å². The molecule has 4 heteroatoms. The maximum Gasteiger partial charge on any atom is 0.303 e. The molecule has 0 rings (SSSR count). The number of hydrogen-bond donors (Lipinski definition) is 3. The van der Waals surface area contributed by atoms with Crippen molar-refractivity contribution in [3.63, 3.8) is 0 Å². The quantitative estimate of drug-likeness (QED) is 0.253. The van der Waals surface area contributed by atoms with Crippen molar-refractivity contribution < 1.29 is 20.1 Å². The summed E-state index contributed by atoms with van der Waals surface area (Å²) in [6.45, 7) is 2.18. The topological polar surface area (TPSA) is 77.8 Å². The number of rotatable bonds is 14. The SMILES string of the molecule is CCCCCC=CC[C@@H](O)C=C/C=C/C=C\[C@@H](O)CCCC(=O)O. The van der Waals surface area contributed by atoms with Gasteiger partial charge < -0.3 is 15.3 Å². The van der Waals surface area contributed by atoms with Gasteiger partial charge in [0, 0.05) is 6.42 Å². The maximum atomic E-state index is 10.3. The smallest absolute Gasteiger partial charge is 0.303 e. The molecule has 24 heavy (non-hydrogen) atoms. The minimum absolute atomic E-state index is 0.0778. The number of allylic oxidation sites excluding steroid dienone is 5. The first-order valence-corrected chi connectivity index (χ1v) is 8.80. The van der Waals surface area contributed by atoms with Crippen LogP contribution in [0.5, 0.6) is 0 Å². The van der Waals surface area contributed by atoms with E-state index in [0.29, 0.717) is 19.3 Å². The van der Waals surface area contributed by atoms with Gasteiger partial charge in [-0.2, -0.15) is 0 Å². The molecule has 0 fully saturated rings. The number of aliphatic hydroxyl groups excluding tert-OH is 2. The molecule has 2 atom stereocenters. The Labute approximate surface area is 145 Å². The molecule has 0 bridgehead atoms. The van der Waals surface area contributed by atoms with E-state index < -0.39 is 18.2 Å². The van der Waals surface area contributed by atoms with Crippen LogP contribution in [0.3, 0.4) is 0 Å². The zero-order valence-corrected chi connectivity index (χ0v) is 14.7. The molecule has 3 N–H and O–H groups in total. The number of unbranched alkanes of at least 4 members (excludes halogenated alkanes) is 3. The lowest BCUT2D eigenvalue weighted by atomic mass is 10.1. The molecule has 0 unspecified atom stereocenters. The van der Waals surface area contributed by atoms with Gasteiger partial charge in [-0.3, -0.25) is 4.79 Å². The molecule has 136 valence electrons. The zero-order valence-electron chi connectivity index (χ0n) is 14.7. The zero-order chi connectivity index (χ0) is 18.0. The van der Waals surface area contributed by atoms with Gasteiger partial charge in [-0.1, -0.05) is 68.4 Å². The van der Waals surface area contributed by atoms with Gasteiger partial charge in [-0.25, -0.2) is 0 Å². The van der Waals surface area contributed by atoms with Crippen LogP contribution in [0.1, 0.15) is 58.3 Å². The molecule has 0 aliphatic heterocycles. The molecule has 4 nitrogen and oxygen atoms in total. The van der Waals surface area contributed by atoms with Crippen LogP contribution in [0, 0.1) is 0 Å². The molecule has 0 aromatic carbocycles. The Morgan fingerprint density at radius 3 is 2.21 bits per heavy atom. The normalized spacial score (nSPS) is 15.1. The summed E-state index contributed by atoms with van der Waals surface area (Å²) in [5, 5.41) is 27.9. The fourth-order valence-electron chi connectivity index (χ4n) is 2.02. The third-order valence-corrected chi connectivity index (χ3v) is 3.41. The number of aliphatic carboxylic acids is 1. The summed E-state index contributed by atoms with van der Waals surface area (Å²) in [6, 6.07) is 0. The summed E-state index contributed by atoms with van der Waals surface area (Å²) in [5.74, 6) is -0.842. The summed E-state index contributed by atoms with van der Waals surface area (Å²) >= 11 is 0. The van der Waals surface area contributed by atoms with E-state index in [-0.39, 0.29) is 6.42 Å². The fourth-order valence-corrected chi connectivity index (χ4v) is 2.02. The number of carboxylic acids is 1. The first-order chi connectivity index (χ1) is 11.6. The Bertz CT molecular complexity index is 421. The van der Waals surface area contributed by atoms with Gasteiger partial charge in [-0.15, -0.1) is 0 Å². The lowest BCUT2D eigenvalue weighted by molar-refractivity contribution is -0.137. The molecule has 0 aliphatic rings. The summed E-state index contributed by atoms with van der Waals surface area (Å²) in [4.78, 5) is 10.3. The van der Waals surface area contributed by atoms with Gasteiger partial charge in [0.2, 0.25) is 0 Å². The molecular formula is C20H32O4. The van der Waals surface area contributed by atoms with E-state index in [4.69, 9.17) is 5.11 Å². The largest absolute Gasteiger partial charge is 0.481 e. The van der Waals surface area contributed by atoms with Crippen LogP contribution in [0.25, 0.3) is 0 Å². The van der Waals surface area contributed by atoms with E-state index in [1.807, 2.05) is 6.08 Å². The van der Waals surface area contributed by atoms with Gasteiger partial charge in [0.1, 0.15) is 0 Å². The van der Waals surface area contributed by atoms with Gasteiger partial charge in [0.15, 0.2) is 0 Å². The molecule has 0 amide bonds. The maximum absolute atomic E-state index is 10.3. The molecule has 0 saturated carbocycles. The first kappa shape index (κ1) is 22.4. The van der Waals surface area contributed by atoms with Crippen LogP contribution in [-0.4, -0.2) is 33.5 Å². The van der Waals surface area contributed by atoms with E-state index in [9.17, 15) is 15.0 Å². The minimum atomic E-state index is -0.842. The van der Waals surface area contributed by atoms with Crippen LogP contribution in [0.2, 0.25) is 0 Å². The third kappa shape index (κ3) is 16.7. The van der Waals surface area contributed by atoms with Gasteiger partial charge in [-0.05, 0) is 32.1 Å². The average Bonchev–Trinajstić information content (AvgIpc) is 2.53. The Hall–Kier alpha value is -1.65. The van der Waals surface area contributed by atoms with Crippen LogP contribution in [0.15, 0.2) is 48.6 Å². The Balaban J connectivity index is 3.81. The van der Waals surface area contributed by atoms with E-state index in [2.05, 4.69) is 13.0 Å². The second-order valence-corrected chi connectivity index (χ2v) is 5.78. The second-order valence-electron chi connectivity index (χ2n) is 5.78. The molecular weight excluding hydrogens is 304 g/mol. The van der Waals surface area contributed by atoms with Crippen molar-refractivity contribution in [1.29, 1.82) is 0 Å². The van der Waals surface area contributed by atoms with E-state index in [0.717, 1.165) is 6.42 Å². The Morgan fingerprint density at radius 1 is 0.917 bits per heavy atom. The highest BCUT2D eigenvalue weighted by atomic mass is 16.4. The Kier molecular flexibility index (Phi) is 15.1. The summed E-state index contributed by atoms with van der Waals surface area (Å²) < 4.78 is 0. The predicted octanol–water partition coefficient (Wildman–Crippen LogP) is 4.16. The molecule has 0 aromatic heterocycles. The van der Waals surface area contributed by atoms with E-state index in [1.165, 1.54) is 19.3 Å². The summed E-state index contributed by atoms with van der Waals surface area (Å²) in [5.41, 5.74) is 0. The van der Waals surface area contributed by atoms with Crippen molar-refractivity contribution in [2.45, 2.75) is 70.5 Å².